The van der Waals surface area contributed by atoms with E-state index >= 15 is 0 Å². The molecule has 3 N–H and O–H groups in total. The molecule has 0 fully saturated rings. The van der Waals surface area contributed by atoms with Crippen LogP contribution in [0.1, 0.15) is 12.5 Å². The van der Waals surface area contributed by atoms with E-state index < -0.39 is 5.60 Å². The molecular weight excluding hydrogens is 220 g/mol. The van der Waals surface area contributed by atoms with Crippen molar-refractivity contribution < 1.29 is 5.11 Å². The Morgan fingerprint density at radius 3 is 2.92 bits per heavy atom. The number of nitrogens with zero attached hydrogens (tertiary/aromatic N) is 1. The first-order valence-electron chi connectivity index (χ1n) is 3.61. The number of hydrogen-bond acceptors (Lipinski definition) is 3. The van der Waals surface area contributed by atoms with Gasteiger partial charge in [0, 0.05) is 18.3 Å². The van der Waals surface area contributed by atoms with Crippen LogP contribution in [0.4, 0.5) is 0 Å². The minimum Gasteiger partial charge on any atom is -0.384 e. The Kier molecular flexibility index (Phi) is 2.82. The highest BCUT2D eigenvalue weighted by Crippen LogP contribution is 2.24. The summed E-state index contributed by atoms with van der Waals surface area (Å²) < 4.78 is 0.639. The Morgan fingerprint density at radius 2 is 2.42 bits per heavy atom. The SMILES string of the molecule is CC(O)(CN)c1cccnc1Br. The van der Waals surface area contributed by atoms with Gasteiger partial charge in [0.15, 0.2) is 0 Å². The van der Waals surface area contributed by atoms with Crippen LogP contribution in [0.5, 0.6) is 0 Å². The first-order chi connectivity index (χ1) is 5.58. The Bertz CT molecular complexity index is 276. The van der Waals surface area contributed by atoms with Gasteiger partial charge in [0.1, 0.15) is 10.2 Å². The molecule has 0 aliphatic carbocycles. The third kappa shape index (κ3) is 1.83. The molecule has 0 bridgehead atoms. The van der Waals surface area contributed by atoms with E-state index in [2.05, 4.69) is 20.9 Å². The summed E-state index contributed by atoms with van der Waals surface area (Å²) in [7, 11) is 0. The number of aliphatic hydroxyl groups is 1. The monoisotopic (exact) mass is 230 g/mol. The zero-order chi connectivity index (χ0) is 9.19. The lowest BCUT2D eigenvalue weighted by Crippen LogP contribution is -2.31. The van der Waals surface area contributed by atoms with Crippen LogP contribution in [0.3, 0.4) is 0 Å². The topological polar surface area (TPSA) is 59.1 Å². The van der Waals surface area contributed by atoms with E-state index in [0.29, 0.717) is 10.2 Å². The summed E-state index contributed by atoms with van der Waals surface area (Å²) in [5.41, 5.74) is 5.12. The number of rotatable bonds is 2. The van der Waals surface area contributed by atoms with Gasteiger partial charge in [-0.3, -0.25) is 0 Å². The van der Waals surface area contributed by atoms with Gasteiger partial charge in [0.05, 0.1) is 0 Å². The molecule has 1 atom stereocenters. The lowest BCUT2D eigenvalue weighted by atomic mass is 9.98. The van der Waals surface area contributed by atoms with E-state index in [9.17, 15) is 5.11 Å². The molecule has 1 heterocycles. The molecule has 1 rings (SSSR count). The second-order valence-corrected chi connectivity index (χ2v) is 3.57. The van der Waals surface area contributed by atoms with E-state index in [0.717, 1.165) is 0 Å². The van der Waals surface area contributed by atoms with Crippen molar-refractivity contribution in [1.82, 2.24) is 4.98 Å². The van der Waals surface area contributed by atoms with Crippen molar-refractivity contribution >= 4 is 15.9 Å². The fourth-order valence-corrected chi connectivity index (χ4v) is 1.58. The molecule has 66 valence electrons. The Labute approximate surface area is 79.7 Å². The van der Waals surface area contributed by atoms with Crippen LogP contribution in [-0.4, -0.2) is 16.6 Å². The number of halogens is 1. The van der Waals surface area contributed by atoms with Crippen LogP contribution in [0.25, 0.3) is 0 Å². The predicted octanol–water partition coefficient (Wildman–Crippen LogP) is 1.01. The minimum absolute atomic E-state index is 0.178. The summed E-state index contributed by atoms with van der Waals surface area (Å²) in [6, 6.07) is 3.56. The molecule has 1 aromatic heterocycles. The Hall–Kier alpha value is -0.450. The molecule has 12 heavy (non-hydrogen) atoms. The summed E-state index contributed by atoms with van der Waals surface area (Å²) in [6.45, 7) is 1.84. The maximum atomic E-state index is 9.78. The maximum Gasteiger partial charge on any atom is 0.112 e. The Morgan fingerprint density at radius 1 is 1.75 bits per heavy atom. The highest BCUT2D eigenvalue weighted by molar-refractivity contribution is 9.10. The first kappa shape index (κ1) is 9.64. The van der Waals surface area contributed by atoms with E-state index in [-0.39, 0.29) is 6.54 Å². The van der Waals surface area contributed by atoms with E-state index in [1.807, 2.05) is 0 Å². The molecule has 0 amide bonds. The highest BCUT2D eigenvalue weighted by Gasteiger charge is 2.23. The predicted molar refractivity (Wildman–Crippen MR) is 50.6 cm³/mol. The molecule has 0 aromatic carbocycles. The fourth-order valence-electron chi connectivity index (χ4n) is 0.898. The van der Waals surface area contributed by atoms with E-state index in [4.69, 9.17) is 5.73 Å². The summed E-state index contributed by atoms with van der Waals surface area (Å²) in [4.78, 5) is 3.99. The third-order valence-corrected chi connectivity index (χ3v) is 2.37. The van der Waals surface area contributed by atoms with Crippen molar-refractivity contribution in [2.24, 2.45) is 5.73 Å². The van der Waals surface area contributed by atoms with Gasteiger partial charge in [0.25, 0.3) is 0 Å². The summed E-state index contributed by atoms with van der Waals surface area (Å²) in [5.74, 6) is 0. The quantitative estimate of drug-likeness (QED) is 0.747. The molecule has 0 radical (unpaired) electrons. The van der Waals surface area contributed by atoms with Crippen LogP contribution in [-0.2, 0) is 5.60 Å². The second kappa shape index (κ2) is 3.51. The summed E-state index contributed by atoms with van der Waals surface area (Å²) in [6.07, 6.45) is 1.65. The second-order valence-electron chi connectivity index (χ2n) is 2.82. The van der Waals surface area contributed by atoms with Crippen LogP contribution >= 0.6 is 15.9 Å². The lowest BCUT2D eigenvalue weighted by Gasteiger charge is -2.21. The number of hydrogen-bond donors (Lipinski definition) is 2. The molecule has 0 spiro atoms. The van der Waals surface area contributed by atoms with Crippen molar-refractivity contribution in [3.8, 4) is 0 Å². The van der Waals surface area contributed by atoms with Crippen molar-refractivity contribution in [3.63, 3.8) is 0 Å². The average molecular weight is 231 g/mol. The summed E-state index contributed by atoms with van der Waals surface area (Å²) in [5, 5.41) is 9.78. The van der Waals surface area contributed by atoms with Crippen molar-refractivity contribution in [1.29, 1.82) is 0 Å². The zero-order valence-corrected chi connectivity index (χ0v) is 8.37. The molecule has 1 aromatic rings. The van der Waals surface area contributed by atoms with E-state index in [1.165, 1.54) is 0 Å². The minimum atomic E-state index is -1.01. The number of aromatic nitrogens is 1. The first-order valence-corrected chi connectivity index (χ1v) is 4.40. The smallest absolute Gasteiger partial charge is 0.112 e. The highest BCUT2D eigenvalue weighted by atomic mass is 79.9. The average Bonchev–Trinajstić information content (AvgIpc) is 2.05. The van der Waals surface area contributed by atoms with Gasteiger partial charge in [-0.25, -0.2) is 4.98 Å². The standard InChI is InChI=1S/C8H11BrN2O/c1-8(12,5-10)6-3-2-4-11-7(6)9/h2-4,12H,5,10H2,1H3. The molecule has 0 saturated carbocycles. The molecule has 0 saturated heterocycles. The van der Waals surface area contributed by atoms with Gasteiger partial charge < -0.3 is 10.8 Å². The van der Waals surface area contributed by atoms with E-state index in [1.54, 1.807) is 25.3 Å². The zero-order valence-electron chi connectivity index (χ0n) is 6.79. The third-order valence-electron chi connectivity index (χ3n) is 1.74. The van der Waals surface area contributed by atoms with Gasteiger partial charge >= 0.3 is 0 Å². The number of pyridine rings is 1. The van der Waals surface area contributed by atoms with Gasteiger partial charge in [-0.05, 0) is 28.9 Å². The lowest BCUT2D eigenvalue weighted by molar-refractivity contribution is 0.0656. The van der Waals surface area contributed by atoms with Crippen molar-refractivity contribution in [2.45, 2.75) is 12.5 Å². The molecular formula is C8H11BrN2O. The van der Waals surface area contributed by atoms with Crippen molar-refractivity contribution in [3.05, 3.63) is 28.5 Å². The molecule has 3 nitrogen and oxygen atoms in total. The molecule has 0 aliphatic heterocycles. The number of nitrogens with two attached hydrogens (primary N) is 1. The van der Waals surface area contributed by atoms with Gasteiger partial charge in [0.2, 0.25) is 0 Å². The van der Waals surface area contributed by atoms with Gasteiger partial charge in [-0.15, -0.1) is 0 Å². The molecule has 0 aliphatic rings. The maximum absolute atomic E-state index is 9.78. The largest absolute Gasteiger partial charge is 0.384 e. The fraction of sp³-hybridized carbons (Fsp3) is 0.375. The Balaban J connectivity index is 3.10. The van der Waals surface area contributed by atoms with Crippen LogP contribution < -0.4 is 5.73 Å². The van der Waals surface area contributed by atoms with Crippen molar-refractivity contribution in [2.75, 3.05) is 6.54 Å². The molecule has 1 unspecified atom stereocenters. The van der Waals surface area contributed by atoms with Crippen LogP contribution in [0, 0.1) is 0 Å². The summed E-state index contributed by atoms with van der Waals surface area (Å²) >= 11 is 3.25. The van der Waals surface area contributed by atoms with Crippen LogP contribution in [0.15, 0.2) is 22.9 Å². The van der Waals surface area contributed by atoms with Gasteiger partial charge in [-0.2, -0.15) is 0 Å². The molecule has 4 heteroatoms. The normalized spacial score (nSPS) is 15.7. The van der Waals surface area contributed by atoms with Crippen LogP contribution in [0.2, 0.25) is 0 Å². The van der Waals surface area contributed by atoms with Gasteiger partial charge in [-0.1, -0.05) is 6.07 Å².